The van der Waals surface area contributed by atoms with E-state index in [1.165, 1.54) is 0 Å². The number of rotatable bonds is 7. The Morgan fingerprint density at radius 3 is 2.94 bits per heavy atom. The van der Waals surface area contributed by atoms with Crippen LogP contribution in [-0.2, 0) is 0 Å². The van der Waals surface area contributed by atoms with Crippen LogP contribution in [-0.4, -0.2) is 18.3 Å². The van der Waals surface area contributed by atoms with Crippen molar-refractivity contribution in [2.75, 3.05) is 12.5 Å². The minimum Gasteiger partial charge on any atom is -0.494 e. The predicted octanol–water partition coefficient (Wildman–Crippen LogP) is 3.68. The summed E-state index contributed by atoms with van der Waals surface area (Å²) in [6, 6.07) is 7.28. The van der Waals surface area contributed by atoms with Crippen LogP contribution in [0, 0.1) is 0 Å². The standard InChI is InChI=1S/C13H17ClO2/c1-2-3-9-16-12-6-4-5-11(10-12)13(15)7-8-14/h4-6,10H,2-3,7-9H2,1H3. The number of hydrogen-bond donors (Lipinski definition) is 0. The van der Waals surface area contributed by atoms with Gasteiger partial charge in [0, 0.05) is 17.9 Å². The van der Waals surface area contributed by atoms with Crippen LogP contribution in [0.3, 0.4) is 0 Å². The molecule has 0 N–H and O–H groups in total. The Bertz CT molecular complexity index is 336. The number of halogens is 1. The van der Waals surface area contributed by atoms with Crippen LogP contribution >= 0.6 is 11.6 Å². The number of benzene rings is 1. The minimum absolute atomic E-state index is 0.0657. The molecule has 0 radical (unpaired) electrons. The van der Waals surface area contributed by atoms with Gasteiger partial charge in [-0.3, -0.25) is 4.79 Å². The summed E-state index contributed by atoms with van der Waals surface area (Å²) < 4.78 is 5.53. The summed E-state index contributed by atoms with van der Waals surface area (Å²) in [5.74, 6) is 1.18. The fourth-order valence-electron chi connectivity index (χ4n) is 1.32. The summed E-state index contributed by atoms with van der Waals surface area (Å²) in [6.45, 7) is 2.81. The van der Waals surface area contributed by atoms with E-state index in [0.717, 1.165) is 18.6 Å². The number of alkyl halides is 1. The maximum atomic E-state index is 11.6. The molecule has 0 amide bonds. The van der Waals surface area contributed by atoms with Gasteiger partial charge in [-0.2, -0.15) is 0 Å². The second-order valence-electron chi connectivity index (χ2n) is 3.59. The largest absolute Gasteiger partial charge is 0.494 e. The first-order valence-electron chi connectivity index (χ1n) is 5.60. The topological polar surface area (TPSA) is 26.3 Å². The van der Waals surface area contributed by atoms with E-state index < -0.39 is 0 Å². The highest BCUT2D eigenvalue weighted by atomic mass is 35.5. The van der Waals surface area contributed by atoms with Crippen LogP contribution in [0.4, 0.5) is 0 Å². The summed E-state index contributed by atoms with van der Waals surface area (Å²) in [4.78, 5) is 11.6. The fraction of sp³-hybridized carbons (Fsp3) is 0.462. The monoisotopic (exact) mass is 240 g/mol. The zero-order valence-corrected chi connectivity index (χ0v) is 10.3. The first-order valence-corrected chi connectivity index (χ1v) is 6.13. The van der Waals surface area contributed by atoms with Gasteiger partial charge in [0.15, 0.2) is 5.78 Å². The average Bonchev–Trinajstić information content (AvgIpc) is 2.30. The van der Waals surface area contributed by atoms with Gasteiger partial charge >= 0.3 is 0 Å². The van der Waals surface area contributed by atoms with Crippen molar-refractivity contribution in [1.29, 1.82) is 0 Å². The molecule has 16 heavy (non-hydrogen) atoms. The van der Waals surface area contributed by atoms with E-state index in [-0.39, 0.29) is 5.78 Å². The van der Waals surface area contributed by atoms with Crippen LogP contribution in [0.1, 0.15) is 36.5 Å². The van der Waals surface area contributed by atoms with Gasteiger partial charge in [-0.25, -0.2) is 0 Å². The molecule has 1 aromatic rings. The summed E-state index contributed by atoms with van der Waals surface area (Å²) in [6.07, 6.45) is 2.50. The molecule has 0 bridgehead atoms. The van der Waals surface area contributed by atoms with Crippen molar-refractivity contribution in [3.05, 3.63) is 29.8 Å². The highest BCUT2D eigenvalue weighted by molar-refractivity contribution is 6.19. The van der Waals surface area contributed by atoms with Crippen molar-refractivity contribution in [3.63, 3.8) is 0 Å². The zero-order valence-electron chi connectivity index (χ0n) is 9.54. The molecule has 0 aliphatic rings. The maximum Gasteiger partial charge on any atom is 0.164 e. The molecule has 0 unspecified atom stereocenters. The van der Waals surface area contributed by atoms with Gasteiger partial charge in [-0.05, 0) is 18.6 Å². The molecular formula is C13H17ClO2. The minimum atomic E-state index is 0.0657. The smallest absolute Gasteiger partial charge is 0.164 e. The third-order valence-electron chi connectivity index (χ3n) is 2.24. The molecular weight excluding hydrogens is 224 g/mol. The molecule has 0 fully saturated rings. The number of Topliss-reactive ketones (excluding diaryl/α,β-unsaturated/α-hetero) is 1. The molecule has 0 spiro atoms. The molecule has 2 nitrogen and oxygen atoms in total. The summed E-state index contributed by atoms with van der Waals surface area (Å²) in [5, 5.41) is 0. The fourth-order valence-corrected chi connectivity index (χ4v) is 1.50. The number of unbranched alkanes of at least 4 members (excludes halogenated alkanes) is 1. The number of hydrogen-bond acceptors (Lipinski definition) is 2. The number of carbonyl (C=O) groups is 1. The van der Waals surface area contributed by atoms with Gasteiger partial charge in [-0.15, -0.1) is 11.6 Å². The maximum absolute atomic E-state index is 11.6. The van der Waals surface area contributed by atoms with Crippen LogP contribution in [0.25, 0.3) is 0 Å². The van der Waals surface area contributed by atoms with Crippen LogP contribution < -0.4 is 4.74 Å². The van der Waals surface area contributed by atoms with Crippen molar-refractivity contribution in [2.45, 2.75) is 26.2 Å². The Balaban J connectivity index is 2.60. The Morgan fingerprint density at radius 2 is 2.25 bits per heavy atom. The summed E-state index contributed by atoms with van der Waals surface area (Å²) in [7, 11) is 0. The lowest BCUT2D eigenvalue weighted by Gasteiger charge is -2.06. The zero-order chi connectivity index (χ0) is 11.8. The molecule has 0 aromatic heterocycles. The first-order chi connectivity index (χ1) is 7.77. The van der Waals surface area contributed by atoms with E-state index in [1.54, 1.807) is 12.1 Å². The average molecular weight is 241 g/mol. The second-order valence-corrected chi connectivity index (χ2v) is 3.97. The molecule has 0 aliphatic heterocycles. The second kappa shape index (κ2) is 7.29. The molecule has 0 saturated heterocycles. The molecule has 3 heteroatoms. The highest BCUT2D eigenvalue weighted by Gasteiger charge is 2.05. The molecule has 0 heterocycles. The Labute approximate surface area is 102 Å². The van der Waals surface area contributed by atoms with Crippen molar-refractivity contribution < 1.29 is 9.53 Å². The Morgan fingerprint density at radius 1 is 1.44 bits per heavy atom. The van der Waals surface area contributed by atoms with E-state index in [4.69, 9.17) is 16.3 Å². The molecule has 1 rings (SSSR count). The van der Waals surface area contributed by atoms with Crippen LogP contribution in [0.5, 0.6) is 5.75 Å². The van der Waals surface area contributed by atoms with E-state index in [2.05, 4.69) is 6.92 Å². The van der Waals surface area contributed by atoms with Crippen LogP contribution in [0.2, 0.25) is 0 Å². The third kappa shape index (κ3) is 4.23. The van der Waals surface area contributed by atoms with E-state index in [1.807, 2.05) is 12.1 Å². The third-order valence-corrected chi connectivity index (χ3v) is 2.43. The van der Waals surface area contributed by atoms with Crippen molar-refractivity contribution in [2.24, 2.45) is 0 Å². The lowest BCUT2D eigenvalue weighted by atomic mass is 10.1. The van der Waals surface area contributed by atoms with Crippen molar-refractivity contribution in [3.8, 4) is 5.75 Å². The number of ether oxygens (including phenoxy) is 1. The van der Waals surface area contributed by atoms with Gasteiger partial charge in [0.1, 0.15) is 5.75 Å². The van der Waals surface area contributed by atoms with E-state index >= 15 is 0 Å². The highest BCUT2D eigenvalue weighted by Crippen LogP contribution is 2.15. The Kier molecular flexibility index (Phi) is 5.94. The van der Waals surface area contributed by atoms with Gasteiger partial charge in [-0.1, -0.05) is 25.5 Å². The SMILES string of the molecule is CCCCOc1cccc(C(=O)CCCl)c1. The van der Waals surface area contributed by atoms with Gasteiger partial charge in [0.05, 0.1) is 6.61 Å². The lowest BCUT2D eigenvalue weighted by Crippen LogP contribution is -2.01. The van der Waals surface area contributed by atoms with Crippen LogP contribution in [0.15, 0.2) is 24.3 Å². The van der Waals surface area contributed by atoms with Crippen molar-refractivity contribution in [1.82, 2.24) is 0 Å². The van der Waals surface area contributed by atoms with E-state index in [9.17, 15) is 4.79 Å². The van der Waals surface area contributed by atoms with Gasteiger partial charge in [0.2, 0.25) is 0 Å². The quantitative estimate of drug-likeness (QED) is 0.413. The number of ketones is 1. The number of carbonyl (C=O) groups excluding carboxylic acids is 1. The molecule has 0 aliphatic carbocycles. The molecule has 0 atom stereocenters. The normalized spacial score (nSPS) is 10.1. The van der Waals surface area contributed by atoms with Gasteiger partial charge < -0.3 is 4.74 Å². The van der Waals surface area contributed by atoms with E-state index in [0.29, 0.717) is 24.5 Å². The molecule has 1 aromatic carbocycles. The lowest BCUT2D eigenvalue weighted by molar-refractivity contribution is 0.0988. The summed E-state index contributed by atoms with van der Waals surface area (Å²) in [5.41, 5.74) is 0.676. The van der Waals surface area contributed by atoms with Crippen molar-refractivity contribution >= 4 is 17.4 Å². The summed E-state index contributed by atoms with van der Waals surface area (Å²) >= 11 is 5.54. The Hall–Kier alpha value is -1.02. The first kappa shape index (κ1) is 13.0. The predicted molar refractivity (Wildman–Crippen MR) is 66.5 cm³/mol. The molecule has 0 saturated carbocycles. The van der Waals surface area contributed by atoms with Gasteiger partial charge in [0.25, 0.3) is 0 Å². The molecule has 88 valence electrons.